The molecule has 0 fully saturated rings. The van der Waals surface area contributed by atoms with Crippen molar-refractivity contribution < 1.29 is 0 Å². The Morgan fingerprint density at radius 2 is 1.95 bits per heavy atom. The summed E-state index contributed by atoms with van der Waals surface area (Å²) in [6, 6.07) is 7.93. The molecule has 0 saturated heterocycles. The van der Waals surface area contributed by atoms with Crippen molar-refractivity contribution in [1.82, 2.24) is 15.1 Å². The first-order valence-electron chi connectivity index (χ1n) is 6.20. The van der Waals surface area contributed by atoms with Crippen LogP contribution in [0.2, 0.25) is 10.0 Å². The van der Waals surface area contributed by atoms with E-state index in [-0.39, 0.29) is 6.04 Å². The molecule has 1 atom stereocenters. The predicted molar refractivity (Wildman–Crippen MR) is 79.8 cm³/mol. The Morgan fingerprint density at radius 1 is 1.26 bits per heavy atom. The van der Waals surface area contributed by atoms with Crippen LogP contribution in [-0.2, 0) is 13.5 Å². The standard InChI is InChI=1S/C14H17Cl2N3/c1-17-14(4-3-13-5-6-18-19(13)2)10-7-11(15)9-12(16)8-10/h5-9,14,17H,3-4H2,1-2H3. The lowest BCUT2D eigenvalue weighted by Gasteiger charge is -2.17. The van der Waals surface area contributed by atoms with Crippen LogP contribution < -0.4 is 5.32 Å². The Labute approximate surface area is 123 Å². The SMILES string of the molecule is CNC(CCc1ccnn1C)c1cc(Cl)cc(Cl)c1. The van der Waals surface area contributed by atoms with Crippen molar-refractivity contribution in [2.24, 2.45) is 7.05 Å². The van der Waals surface area contributed by atoms with Gasteiger partial charge in [-0.1, -0.05) is 23.2 Å². The molecule has 0 aliphatic rings. The number of rotatable bonds is 5. The first kappa shape index (κ1) is 14.4. The van der Waals surface area contributed by atoms with Gasteiger partial charge in [-0.05, 0) is 49.7 Å². The molecule has 3 nitrogen and oxygen atoms in total. The second-order valence-electron chi connectivity index (χ2n) is 4.53. The Balaban J connectivity index is 2.09. The van der Waals surface area contributed by atoms with Crippen LogP contribution in [0.4, 0.5) is 0 Å². The third-order valence-corrected chi connectivity index (χ3v) is 3.68. The van der Waals surface area contributed by atoms with Gasteiger partial charge in [0.1, 0.15) is 0 Å². The summed E-state index contributed by atoms with van der Waals surface area (Å²) in [4.78, 5) is 0. The van der Waals surface area contributed by atoms with Crippen molar-refractivity contribution in [3.63, 3.8) is 0 Å². The van der Waals surface area contributed by atoms with E-state index in [0.717, 1.165) is 18.4 Å². The Bertz CT molecular complexity index is 531. The van der Waals surface area contributed by atoms with E-state index in [1.165, 1.54) is 5.69 Å². The molecule has 0 aliphatic heterocycles. The summed E-state index contributed by atoms with van der Waals surface area (Å²) in [5.74, 6) is 0. The molecule has 2 rings (SSSR count). The molecule has 1 aromatic heterocycles. The summed E-state index contributed by atoms with van der Waals surface area (Å²) >= 11 is 12.1. The zero-order valence-electron chi connectivity index (χ0n) is 11.0. The Hall–Kier alpha value is -1.03. The van der Waals surface area contributed by atoms with Crippen LogP contribution in [-0.4, -0.2) is 16.8 Å². The van der Waals surface area contributed by atoms with Crippen LogP contribution in [0.15, 0.2) is 30.5 Å². The summed E-state index contributed by atoms with van der Waals surface area (Å²) in [6.45, 7) is 0. The van der Waals surface area contributed by atoms with E-state index in [2.05, 4.69) is 10.4 Å². The first-order valence-corrected chi connectivity index (χ1v) is 6.96. The lowest BCUT2D eigenvalue weighted by molar-refractivity contribution is 0.536. The van der Waals surface area contributed by atoms with Crippen molar-refractivity contribution >= 4 is 23.2 Å². The van der Waals surface area contributed by atoms with E-state index in [4.69, 9.17) is 23.2 Å². The van der Waals surface area contributed by atoms with Crippen LogP contribution in [0.3, 0.4) is 0 Å². The van der Waals surface area contributed by atoms with Gasteiger partial charge in [-0.2, -0.15) is 5.10 Å². The highest BCUT2D eigenvalue weighted by atomic mass is 35.5. The summed E-state index contributed by atoms with van der Waals surface area (Å²) in [5, 5.41) is 8.82. The molecule has 2 aromatic rings. The van der Waals surface area contributed by atoms with E-state index >= 15 is 0 Å². The monoisotopic (exact) mass is 297 g/mol. The first-order chi connectivity index (χ1) is 9.10. The molecule has 0 bridgehead atoms. The lowest BCUT2D eigenvalue weighted by Crippen LogP contribution is -2.17. The van der Waals surface area contributed by atoms with Crippen molar-refractivity contribution in [2.75, 3.05) is 7.05 Å². The molecule has 1 aromatic carbocycles. The van der Waals surface area contributed by atoms with Gasteiger partial charge in [0.15, 0.2) is 0 Å². The maximum Gasteiger partial charge on any atom is 0.0492 e. The molecule has 0 radical (unpaired) electrons. The topological polar surface area (TPSA) is 29.9 Å². The fraction of sp³-hybridized carbons (Fsp3) is 0.357. The average molecular weight is 298 g/mol. The maximum absolute atomic E-state index is 6.05. The molecule has 19 heavy (non-hydrogen) atoms. The fourth-order valence-electron chi connectivity index (χ4n) is 2.19. The van der Waals surface area contributed by atoms with E-state index < -0.39 is 0 Å². The molecule has 0 amide bonds. The second-order valence-corrected chi connectivity index (χ2v) is 5.40. The van der Waals surface area contributed by atoms with Crippen LogP contribution in [0.1, 0.15) is 23.7 Å². The van der Waals surface area contributed by atoms with Gasteiger partial charge in [0.25, 0.3) is 0 Å². The van der Waals surface area contributed by atoms with Gasteiger partial charge in [0, 0.05) is 35.0 Å². The van der Waals surface area contributed by atoms with Crippen LogP contribution in [0.25, 0.3) is 0 Å². The minimum atomic E-state index is 0.228. The highest BCUT2D eigenvalue weighted by molar-refractivity contribution is 6.34. The zero-order valence-corrected chi connectivity index (χ0v) is 12.5. The summed E-state index contributed by atoms with van der Waals surface area (Å²) < 4.78 is 1.90. The van der Waals surface area contributed by atoms with E-state index in [9.17, 15) is 0 Å². The summed E-state index contributed by atoms with van der Waals surface area (Å²) in [7, 11) is 3.91. The number of nitrogens with zero attached hydrogens (tertiary/aromatic N) is 2. The molecular weight excluding hydrogens is 281 g/mol. The third-order valence-electron chi connectivity index (χ3n) is 3.25. The zero-order chi connectivity index (χ0) is 13.8. The van der Waals surface area contributed by atoms with Gasteiger partial charge in [-0.3, -0.25) is 4.68 Å². The Morgan fingerprint density at radius 3 is 2.47 bits per heavy atom. The molecule has 5 heteroatoms. The van der Waals surface area contributed by atoms with Crippen LogP contribution >= 0.6 is 23.2 Å². The van der Waals surface area contributed by atoms with Crippen molar-refractivity contribution in [1.29, 1.82) is 0 Å². The van der Waals surface area contributed by atoms with Gasteiger partial charge in [0.2, 0.25) is 0 Å². The number of benzene rings is 1. The van der Waals surface area contributed by atoms with E-state index in [1.807, 2.05) is 43.2 Å². The molecule has 0 spiro atoms. The third kappa shape index (κ3) is 3.72. The number of hydrogen-bond donors (Lipinski definition) is 1. The molecule has 1 heterocycles. The quantitative estimate of drug-likeness (QED) is 0.913. The maximum atomic E-state index is 6.05. The molecule has 102 valence electrons. The molecule has 1 unspecified atom stereocenters. The fourth-order valence-corrected chi connectivity index (χ4v) is 2.74. The highest BCUT2D eigenvalue weighted by Crippen LogP contribution is 2.26. The lowest BCUT2D eigenvalue weighted by atomic mass is 10.0. The minimum Gasteiger partial charge on any atom is -0.313 e. The average Bonchev–Trinajstić information content (AvgIpc) is 2.75. The summed E-state index contributed by atoms with van der Waals surface area (Å²) in [5.41, 5.74) is 2.33. The predicted octanol–water partition coefficient (Wildman–Crippen LogP) is 3.62. The molecule has 0 saturated carbocycles. The number of nitrogens with one attached hydrogen (secondary N) is 1. The van der Waals surface area contributed by atoms with Gasteiger partial charge in [0.05, 0.1) is 0 Å². The number of aryl methyl sites for hydroxylation is 2. The summed E-state index contributed by atoms with van der Waals surface area (Å²) in [6.07, 6.45) is 3.73. The number of aromatic nitrogens is 2. The number of halogens is 2. The largest absolute Gasteiger partial charge is 0.313 e. The second kappa shape index (κ2) is 6.42. The van der Waals surface area contributed by atoms with Gasteiger partial charge >= 0.3 is 0 Å². The van der Waals surface area contributed by atoms with Crippen LogP contribution in [0, 0.1) is 0 Å². The van der Waals surface area contributed by atoms with Crippen molar-refractivity contribution in [3.8, 4) is 0 Å². The van der Waals surface area contributed by atoms with Gasteiger partial charge in [-0.15, -0.1) is 0 Å². The van der Waals surface area contributed by atoms with Gasteiger partial charge < -0.3 is 5.32 Å². The van der Waals surface area contributed by atoms with Crippen LogP contribution in [0.5, 0.6) is 0 Å². The van der Waals surface area contributed by atoms with E-state index in [0.29, 0.717) is 10.0 Å². The normalized spacial score (nSPS) is 12.6. The van der Waals surface area contributed by atoms with E-state index in [1.54, 1.807) is 6.07 Å². The minimum absolute atomic E-state index is 0.228. The van der Waals surface area contributed by atoms with Crippen molar-refractivity contribution in [2.45, 2.75) is 18.9 Å². The molecular formula is C14H17Cl2N3. The van der Waals surface area contributed by atoms with Crippen molar-refractivity contribution in [3.05, 3.63) is 51.8 Å². The highest BCUT2D eigenvalue weighted by Gasteiger charge is 2.12. The molecule has 1 N–H and O–H groups in total. The number of hydrogen-bond acceptors (Lipinski definition) is 2. The van der Waals surface area contributed by atoms with Gasteiger partial charge in [-0.25, -0.2) is 0 Å². The Kier molecular flexibility index (Phi) is 4.86. The molecule has 0 aliphatic carbocycles. The smallest absolute Gasteiger partial charge is 0.0492 e.